The minimum atomic E-state index is -0.0552. The minimum absolute atomic E-state index is 0.0552. The second-order valence-corrected chi connectivity index (χ2v) is 6.44. The van der Waals surface area contributed by atoms with Crippen LogP contribution in [0.4, 0.5) is 10.5 Å². The molecule has 0 saturated carbocycles. The molecule has 0 radical (unpaired) electrons. The number of nitrogens with zero attached hydrogens (tertiary/aromatic N) is 2. The molecule has 3 rings (SSSR count). The number of amides is 2. The Morgan fingerprint density at radius 2 is 2.09 bits per heavy atom. The summed E-state index contributed by atoms with van der Waals surface area (Å²) in [6.45, 7) is 7.56. The molecule has 0 aromatic heterocycles. The van der Waals surface area contributed by atoms with Crippen LogP contribution in [0.3, 0.4) is 0 Å². The largest absolute Gasteiger partial charge is 0.322 e. The summed E-state index contributed by atoms with van der Waals surface area (Å²) in [5.41, 5.74) is 1.70. The quantitative estimate of drug-likeness (QED) is 0.877. The van der Waals surface area contributed by atoms with Crippen molar-refractivity contribution in [3.8, 4) is 0 Å². The van der Waals surface area contributed by atoms with Gasteiger partial charge in [-0.1, -0.05) is 23.7 Å². The van der Waals surface area contributed by atoms with Crippen molar-refractivity contribution in [3.05, 3.63) is 28.8 Å². The predicted octanol–water partition coefficient (Wildman–Crippen LogP) is 2.16. The molecule has 0 unspecified atom stereocenters. The molecule has 2 heterocycles. The van der Waals surface area contributed by atoms with Crippen molar-refractivity contribution < 1.29 is 4.79 Å². The van der Waals surface area contributed by atoms with E-state index in [1.807, 2.05) is 24.0 Å². The first-order chi connectivity index (χ1) is 10.6. The zero-order chi connectivity index (χ0) is 15.5. The number of urea groups is 1. The maximum atomic E-state index is 12.4. The Kier molecular flexibility index (Phi) is 4.86. The summed E-state index contributed by atoms with van der Waals surface area (Å²) in [6, 6.07) is 6.22. The number of carbonyl (C=O) groups excluding carboxylic acids is 1. The van der Waals surface area contributed by atoms with Crippen LogP contribution >= 0.6 is 11.6 Å². The summed E-state index contributed by atoms with van der Waals surface area (Å²) in [7, 11) is 0. The number of aryl methyl sites for hydroxylation is 1. The van der Waals surface area contributed by atoms with E-state index < -0.39 is 0 Å². The van der Waals surface area contributed by atoms with Crippen LogP contribution in [-0.4, -0.2) is 61.1 Å². The standard InChI is InChI=1S/C16H23ClN4O/c1-12-3-2-4-14(17)15(12)19-16(22)21-9-7-20(8-10-21)13-5-6-18-11-13/h2-4,13,18H,5-11H2,1H3,(H,19,22)/t13-/m1/s1. The Morgan fingerprint density at radius 3 is 2.73 bits per heavy atom. The lowest BCUT2D eigenvalue weighted by atomic mass is 10.2. The van der Waals surface area contributed by atoms with E-state index in [9.17, 15) is 4.79 Å². The zero-order valence-electron chi connectivity index (χ0n) is 12.9. The smallest absolute Gasteiger partial charge is 0.321 e. The number of hydrogen-bond donors (Lipinski definition) is 2. The van der Waals surface area contributed by atoms with Crippen molar-refractivity contribution in [2.24, 2.45) is 0 Å². The van der Waals surface area contributed by atoms with E-state index in [0.717, 1.165) is 50.5 Å². The van der Waals surface area contributed by atoms with E-state index in [1.165, 1.54) is 6.42 Å². The number of rotatable bonds is 2. The van der Waals surface area contributed by atoms with Crippen LogP contribution in [0.1, 0.15) is 12.0 Å². The van der Waals surface area contributed by atoms with Gasteiger partial charge >= 0.3 is 6.03 Å². The third-order valence-electron chi connectivity index (χ3n) is 4.61. The first-order valence-corrected chi connectivity index (χ1v) is 8.29. The number of piperazine rings is 1. The van der Waals surface area contributed by atoms with Crippen molar-refractivity contribution in [2.75, 3.05) is 44.6 Å². The molecule has 2 amide bonds. The van der Waals surface area contributed by atoms with E-state index in [0.29, 0.717) is 11.1 Å². The van der Waals surface area contributed by atoms with Crippen molar-refractivity contribution in [2.45, 2.75) is 19.4 Å². The molecule has 0 aliphatic carbocycles. The summed E-state index contributed by atoms with van der Waals surface area (Å²) < 4.78 is 0. The summed E-state index contributed by atoms with van der Waals surface area (Å²) in [5.74, 6) is 0. The first-order valence-electron chi connectivity index (χ1n) is 7.91. The molecule has 22 heavy (non-hydrogen) atoms. The van der Waals surface area contributed by atoms with Gasteiger partial charge < -0.3 is 15.5 Å². The van der Waals surface area contributed by atoms with Crippen molar-refractivity contribution in [1.82, 2.24) is 15.1 Å². The maximum absolute atomic E-state index is 12.4. The van der Waals surface area contributed by atoms with Gasteiger partial charge in [-0.25, -0.2) is 4.79 Å². The Hall–Kier alpha value is -1.30. The molecule has 6 heteroatoms. The van der Waals surface area contributed by atoms with Gasteiger partial charge in [-0.2, -0.15) is 0 Å². The third kappa shape index (κ3) is 3.37. The van der Waals surface area contributed by atoms with Gasteiger partial charge in [0, 0.05) is 38.8 Å². The molecule has 2 N–H and O–H groups in total. The fourth-order valence-corrected chi connectivity index (χ4v) is 3.49. The molecule has 120 valence electrons. The van der Waals surface area contributed by atoms with Gasteiger partial charge in [0.05, 0.1) is 10.7 Å². The number of para-hydroxylation sites is 1. The predicted molar refractivity (Wildman–Crippen MR) is 89.6 cm³/mol. The second kappa shape index (κ2) is 6.86. The highest BCUT2D eigenvalue weighted by atomic mass is 35.5. The molecular formula is C16H23ClN4O. The van der Waals surface area contributed by atoms with Gasteiger partial charge in [-0.05, 0) is 31.5 Å². The summed E-state index contributed by atoms with van der Waals surface area (Å²) in [6.07, 6.45) is 1.21. The Labute approximate surface area is 136 Å². The van der Waals surface area contributed by atoms with E-state index in [4.69, 9.17) is 11.6 Å². The average Bonchev–Trinajstić information content (AvgIpc) is 3.05. The van der Waals surface area contributed by atoms with Gasteiger partial charge in [0.1, 0.15) is 0 Å². The molecule has 0 bridgehead atoms. The van der Waals surface area contributed by atoms with Crippen molar-refractivity contribution >= 4 is 23.3 Å². The number of hydrogen-bond acceptors (Lipinski definition) is 3. The lowest BCUT2D eigenvalue weighted by Gasteiger charge is -2.37. The highest BCUT2D eigenvalue weighted by molar-refractivity contribution is 6.33. The molecule has 1 aromatic carbocycles. The molecule has 2 saturated heterocycles. The lowest BCUT2D eigenvalue weighted by Crippen LogP contribution is -2.53. The van der Waals surface area contributed by atoms with E-state index in [1.54, 1.807) is 6.07 Å². The molecule has 2 fully saturated rings. The van der Waals surface area contributed by atoms with Gasteiger partial charge in [-0.15, -0.1) is 0 Å². The van der Waals surface area contributed by atoms with Gasteiger partial charge in [-0.3, -0.25) is 4.90 Å². The zero-order valence-corrected chi connectivity index (χ0v) is 13.7. The van der Waals surface area contributed by atoms with Crippen LogP contribution in [0, 0.1) is 6.92 Å². The highest BCUT2D eigenvalue weighted by Gasteiger charge is 2.28. The van der Waals surface area contributed by atoms with E-state index in [-0.39, 0.29) is 6.03 Å². The van der Waals surface area contributed by atoms with Crippen LogP contribution < -0.4 is 10.6 Å². The van der Waals surface area contributed by atoms with Crippen LogP contribution in [0.15, 0.2) is 18.2 Å². The summed E-state index contributed by atoms with van der Waals surface area (Å²) in [5, 5.41) is 6.94. The summed E-state index contributed by atoms with van der Waals surface area (Å²) in [4.78, 5) is 16.8. The fourth-order valence-electron chi connectivity index (χ4n) is 3.22. The topological polar surface area (TPSA) is 47.6 Å². The molecule has 2 aliphatic rings. The number of carbonyl (C=O) groups is 1. The van der Waals surface area contributed by atoms with E-state index in [2.05, 4.69) is 15.5 Å². The third-order valence-corrected chi connectivity index (χ3v) is 4.92. The number of anilines is 1. The molecular weight excluding hydrogens is 300 g/mol. The van der Waals surface area contributed by atoms with Crippen LogP contribution in [0.2, 0.25) is 5.02 Å². The van der Waals surface area contributed by atoms with E-state index >= 15 is 0 Å². The van der Waals surface area contributed by atoms with Crippen LogP contribution in [0.5, 0.6) is 0 Å². The lowest BCUT2D eigenvalue weighted by molar-refractivity contribution is 0.119. The van der Waals surface area contributed by atoms with Crippen LogP contribution in [0.25, 0.3) is 0 Å². The molecule has 2 aliphatic heterocycles. The molecule has 1 aromatic rings. The van der Waals surface area contributed by atoms with Crippen LogP contribution in [-0.2, 0) is 0 Å². The summed E-state index contributed by atoms with van der Waals surface area (Å²) >= 11 is 6.17. The number of halogens is 1. The number of benzene rings is 1. The van der Waals surface area contributed by atoms with Crippen molar-refractivity contribution in [1.29, 1.82) is 0 Å². The average molecular weight is 323 g/mol. The molecule has 5 nitrogen and oxygen atoms in total. The SMILES string of the molecule is Cc1cccc(Cl)c1NC(=O)N1CCN([C@@H]2CCNC2)CC1. The first kappa shape index (κ1) is 15.6. The van der Waals surface area contributed by atoms with Gasteiger partial charge in [0.15, 0.2) is 0 Å². The molecule has 0 spiro atoms. The van der Waals surface area contributed by atoms with Crippen molar-refractivity contribution in [3.63, 3.8) is 0 Å². The highest BCUT2D eigenvalue weighted by Crippen LogP contribution is 2.25. The van der Waals surface area contributed by atoms with Gasteiger partial charge in [0.25, 0.3) is 0 Å². The monoisotopic (exact) mass is 322 g/mol. The Morgan fingerprint density at radius 1 is 1.32 bits per heavy atom. The Balaban J connectivity index is 1.55. The van der Waals surface area contributed by atoms with Gasteiger partial charge in [0.2, 0.25) is 0 Å². The second-order valence-electron chi connectivity index (χ2n) is 6.03. The normalized spacial score (nSPS) is 22.8. The fraction of sp³-hybridized carbons (Fsp3) is 0.562. The Bertz CT molecular complexity index is 517. The molecule has 1 atom stereocenters. The number of nitrogens with one attached hydrogen (secondary N) is 2. The minimum Gasteiger partial charge on any atom is -0.322 e. The maximum Gasteiger partial charge on any atom is 0.321 e.